The first-order valence-electron chi connectivity index (χ1n) is 9.08. The lowest BCUT2D eigenvalue weighted by atomic mass is 10.2. The highest BCUT2D eigenvalue weighted by Gasteiger charge is 2.22. The Labute approximate surface area is 183 Å². The first-order valence-corrected chi connectivity index (χ1v) is 9.88. The highest BCUT2D eigenvalue weighted by atomic mass is 79.9. The van der Waals surface area contributed by atoms with Crippen LogP contribution in [0, 0.1) is 0 Å². The number of benzene rings is 2. The fourth-order valence-electron chi connectivity index (χ4n) is 2.55. The van der Waals surface area contributed by atoms with Gasteiger partial charge in [-0.05, 0) is 54.0 Å². The molecular weight excluding hydrogens is 458 g/mol. The highest BCUT2D eigenvalue weighted by molar-refractivity contribution is 9.10. The molecule has 0 radical (unpaired) electrons. The smallest absolute Gasteiger partial charge is 0.339 e. The zero-order valence-electron chi connectivity index (χ0n) is 17.4. The van der Waals surface area contributed by atoms with Gasteiger partial charge in [-0.15, -0.1) is 0 Å². The minimum absolute atomic E-state index is 0.209. The van der Waals surface area contributed by atoms with E-state index in [9.17, 15) is 9.59 Å². The molecule has 2 aromatic carbocycles. The topological polar surface area (TPSA) is 92.3 Å². The van der Waals surface area contributed by atoms with Gasteiger partial charge in [0.25, 0.3) is 5.91 Å². The van der Waals surface area contributed by atoms with Crippen molar-refractivity contribution in [2.24, 2.45) is 0 Å². The highest BCUT2D eigenvalue weighted by Crippen LogP contribution is 2.37. The van der Waals surface area contributed by atoms with Gasteiger partial charge in [0.15, 0.2) is 17.6 Å². The van der Waals surface area contributed by atoms with Gasteiger partial charge in [-0.25, -0.2) is 4.79 Å². The molecule has 8 nitrogen and oxygen atoms in total. The van der Waals surface area contributed by atoms with Gasteiger partial charge in [-0.3, -0.25) is 4.79 Å². The molecule has 0 heterocycles. The predicted molar refractivity (Wildman–Crippen MR) is 115 cm³/mol. The third kappa shape index (κ3) is 5.56. The van der Waals surface area contributed by atoms with Crippen molar-refractivity contribution in [3.05, 3.63) is 40.4 Å². The van der Waals surface area contributed by atoms with E-state index >= 15 is 0 Å². The van der Waals surface area contributed by atoms with E-state index in [0.717, 1.165) is 0 Å². The number of rotatable bonds is 9. The second kappa shape index (κ2) is 10.7. The maximum Gasteiger partial charge on any atom is 0.339 e. The van der Waals surface area contributed by atoms with Crippen molar-refractivity contribution in [2.75, 3.05) is 33.3 Å². The van der Waals surface area contributed by atoms with Gasteiger partial charge in [-0.2, -0.15) is 0 Å². The minimum Gasteiger partial charge on any atom is -0.497 e. The van der Waals surface area contributed by atoms with Crippen LogP contribution in [0.15, 0.2) is 34.8 Å². The van der Waals surface area contributed by atoms with Crippen molar-refractivity contribution in [1.82, 2.24) is 0 Å². The molecule has 1 amide bonds. The number of anilines is 1. The van der Waals surface area contributed by atoms with Crippen LogP contribution in [0.2, 0.25) is 0 Å². The number of halogens is 1. The Hall–Kier alpha value is -2.94. The van der Waals surface area contributed by atoms with Gasteiger partial charge in [0.1, 0.15) is 11.5 Å². The molecule has 1 unspecified atom stereocenters. The molecule has 0 spiro atoms. The molecule has 9 heteroatoms. The number of carbonyl (C=O) groups is 2. The fraction of sp³-hybridized carbons (Fsp3) is 0.333. The van der Waals surface area contributed by atoms with Crippen molar-refractivity contribution in [3.63, 3.8) is 0 Å². The monoisotopic (exact) mass is 481 g/mol. The number of esters is 1. The van der Waals surface area contributed by atoms with Crippen LogP contribution in [0.1, 0.15) is 24.2 Å². The van der Waals surface area contributed by atoms with E-state index in [4.69, 9.17) is 23.7 Å². The summed E-state index contributed by atoms with van der Waals surface area (Å²) >= 11 is 3.36. The van der Waals surface area contributed by atoms with E-state index in [1.54, 1.807) is 24.3 Å². The number of methoxy groups -OCH3 is 3. The Bertz CT molecular complexity index is 916. The minimum atomic E-state index is -1.07. The molecule has 0 saturated carbocycles. The summed E-state index contributed by atoms with van der Waals surface area (Å²) in [5.74, 6) is 0.637. The molecule has 0 aliphatic carbocycles. The van der Waals surface area contributed by atoms with Gasteiger partial charge in [0.05, 0.1) is 43.7 Å². The zero-order valence-corrected chi connectivity index (χ0v) is 19.0. The molecule has 0 bridgehead atoms. The van der Waals surface area contributed by atoms with Crippen LogP contribution >= 0.6 is 15.9 Å². The Morgan fingerprint density at radius 3 is 2.33 bits per heavy atom. The molecule has 1 atom stereocenters. The second-order valence-electron chi connectivity index (χ2n) is 6.03. The van der Waals surface area contributed by atoms with Gasteiger partial charge in [0, 0.05) is 6.07 Å². The van der Waals surface area contributed by atoms with Gasteiger partial charge in [-0.1, -0.05) is 0 Å². The van der Waals surface area contributed by atoms with E-state index in [-0.39, 0.29) is 5.56 Å². The van der Waals surface area contributed by atoms with Crippen LogP contribution in [0.4, 0.5) is 5.69 Å². The molecule has 0 saturated heterocycles. The molecule has 2 aromatic rings. The molecule has 0 aromatic heterocycles. The number of hydrogen-bond donors (Lipinski definition) is 1. The quantitative estimate of drug-likeness (QED) is 0.539. The maximum atomic E-state index is 12.6. The van der Waals surface area contributed by atoms with Crippen molar-refractivity contribution >= 4 is 33.5 Å². The first-order chi connectivity index (χ1) is 14.3. The molecule has 1 N–H and O–H groups in total. The normalized spacial score (nSPS) is 11.3. The van der Waals surface area contributed by atoms with E-state index < -0.39 is 18.0 Å². The van der Waals surface area contributed by atoms with E-state index in [1.165, 1.54) is 34.3 Å². The summed E-state index contributed by atoms with van der Waals surface area (Å²) in [6.45, 7) is 3.75. The summed E-state index contributed by atoms with van der Waals surface area (Å²) in [5, 5.41) is 2.68. The maximum absolute atomic E-state index is 12.6. The Kier molecular flexibility index (Phi) is 8.35. The average molecular weight is 482 g/mol. The lowest BCUT2D eigenvalue weighted by molar-refractivity contribution is -0.123. The van der Waals surface area contributed by atoms with Gasteiger partial charge >= 0.3 is 5.97 Å². The fourth-order valence-corrected chi connectivity index (χ4v) is 3.11. The van der Waals surface area contributed by atoms with Crippen LogP contribution in [0.25, 0.3) is 0 Å². The third-order valence-electron chi connectivity index (χ3n) is 4.07. The lowest BCUT2D eigenvalue weighted by Crippen LogP contribution is -2.30. The molecule has 0 aliphatic heterocycles. The predicted octanol–water partition coefficient (Wildman–Crippen LogP) is 4.06. The third-order valence-corrected chi connectivity index (χ3v) is 4.66. The van der Waals surface area contributed by atoms with Crippen LogP contribution in [-0.2, 0) is 9.53 Å². The Balaban J connectivity index is 2.14. The largest absolute Gasteiger partial charge is 0.497 e. The summed E-state index contributed by atoms with van der Waals surface area (Å²) in [6.07, 6.45) is -1.07. The molecule has 0 aliphatic rings. The van der Waals surface area contributed by atoms with E-state index in [2.05, 4.69) is 21.2 Å². The molecular formula is C21H24BrNO7. The molecule has 162 valence electrons. The van der Waals surface area contributed by atoms with Crippen LogP contribution in [0.5, 0.6) is 23.0 Å². The average Bonchev–Trinajstić information content (AvgIpc) is 2.74. The van der Waals surface area contributed by atoms with E-state index in [0.29, 0.717) is 39.8 Å². The Morgan fingerprint density at radius 2 is 1.73 bits per heavy atom. The lowest BCUT2D eigenvalue weighted by Gasteiger charge is -2.17. The van der Waals surface area contributed by atoms with Gasteiger partial charge < -0.3 is 29.0 Å². The Morgan fingerprint density at radius 1 is 1.03 bits per heavy atom. The van der Waals surface area contributed by atoms with E-state index in [1.807, 2.05) is 6.92 Å². The molecule has 0 fully saturated rings. The number of amides is 1. The number of ether oxygens (including phenoxy) is 5. The van der Waals surface area contributed by atoms with Crippen molar-refractivity contribution in [2.45, 2.75) is 20.0 Å². The standard InChI is InChI=1S/C21H24BrNO7/c1-6-29-19-15(22)9-13(10-18(19)28-5)21(25)30-12(2)20(24)23-16-11-14(26-3)7-8-17(16)27-4/h7-12H,6H2,1-5H3,(H,23,24). The van der Waals surface area contributed by atoms with Crippen LogP contribution < -0.4 is 24.3 Å². The summed E-state index contributed by atoms with van der Waals surface area (Å²) in [4.78, 5) is 25.1. The molecule has 30 heavy (non-hydrogen) atoms. The number of nitrogens with one attached hydrogen (secondary N) is 1. The number of hydrogen-bond acceptors (Lipinski definition) is 7. The summed E-state index contributed by atoms with van der Waals surface area (Å²) in [6, 6.07) is 8.02. The first kappa shape index (κ1) is 23.3. The van der Waals surface area contributed by atoms with Crippen molar-refractivity contribution in [1.29, 1.82) is 0 Å². The zero-order chi connectivity index (χ0) is 22.3. The summed E-state index contributed by atoms with van der Waals surface area (Å²) in [7, 11) is 4.47. The van der Waals surface area contributed by atoms with Crippen molar-refractivity contribution in [3.8, 4) is 23.0 Å². The molecule has 2 rings (SSSR count). The van der Waals surface area contributed by atoms with Crippen molar-refractivity contribution < 1.29 is 33.3 Å². The second-order valence-corrected chi connectivity index (χ2v) is 6.88. The summed E-state index contributed by atoms with van der Waals surface area (Å²) in [5.41, 5.74) is 0.607. The summed E-state index contributed by atoms with van der Waals surface area (Å²) < 4.78 is 27.0. The van der Waals surface area contributed by atoms with Gasteiger partial charge in [0.2, 0.25) is 0 Å². The van der Waals surface area contributed by atoms with Crippen LogP contribution in [-0.4, -0.2) is 45.9 Å². The SMILES string of the molecule is CCOc1c(Br)cc(C(=O)OC(C)C(=O)Nc2cc(OC)ccc2OC)cc1OC. The van der Waals surface area contributed by atoms with Crippen LogP contribution in [0.3, 0.4) is 0 Å². The number of carbonyl (C=O) groups excluding carboxylic acids is 2.